The first-order chi connectivity index (χ1) is 22.7. The molecule has 0 atom stereocenters. The molecule has 1 heterocycles. The highest BCUT2D eigenvalue weighted by Crippen LogP contribution is 2.56. The zero-order valence-corrected chi connectivity index (χ0v) is 23.0. The zero-order chi connectivity index (χ0) is 34.2. The molecule has 13 heteroatoms. The molecule has 5 rings (SSSR count). The molecule has 2 aliphatic rings. The maximum atomic E-state index is 15.5. The Balaban J connectivity index is 2.03. The van der Waals surface area contributed by atoms with Crippen molar-refractivity contribution in [2.75, 3.05) is 0 Å². The molecule has 0 radical (unpaired) electrons. The number of rotatable bonds is 2. The van der Waals surface area contributed by atoms with E-state index in [0.29, 0.717) is 12.1 Å². The van der Waals surface area contributed by atoms with Gasteiger partial charge in [-0.1, -0.05) is 0 Å². The molecule has 0 N–H and O–H groups in total. The quantitative estimate of drug-likeness (QED) is 0.257. The second-order valence-electron chi connectivity index (χ2n) is 9.45. The van der Waals surface area contributed by atoms with E-state index in [1.165, 1.54) is 6.07 Å². The predicted octanol–water partition coefficient (Wildman–Crippen LogP) is 5.61. The van der Waals surface area contributed by atoms with Crippen molar-refractivity contribution in [1.82, 2.24) is 4.98 Å². The van der Waals surface area contributed by atoms with E-state index in [4.69, 9.17) is 10.5 Å². The topological polar surface area (TPSA) is 227 Å². The van der Waals surface area contributed by atoms with Crippen molar-refractivity contribution in [2.45, 2.75) is 0 Å². The number of hydrogen-bond donors (Lipinski definition) is 0. The van der Waals surface area contributed by atoms with Gasteiger partial charge in [0.1, 0.15) is 83.1 Å². The fourth-order valence-corrected chi connectivity index (χ4v) is 5.53. The maximum absolute atomic E-state index is 15.5. The van der Waals surface area contributed by atoms with Crippen LogP contribution in [0.4, 0.5) is 13.2 Å². The minimum absolute atomic E-state index is 0.183. The molecule has 0 unspecified atom stereocenters. The fourth-order valence-electron chi connectivity index (χ4n) is 5.53. The minimum atomic E-state index is -1.26. The molecule has 1 aromatic heterocycles. The van der Waals surface area contributed by atoms with E-state index in [0.717, 1.165) is 18.2 Å². The lowest BCUT2D eigenvalue weighted by Gasteiger charge is -2.13. The van der Waals surface area contributed by atoms with Gasteiger partial charge in [0, 0.05) is 50.1 Å². The van der Waals surface area contributed by atoms with Gasteiger partial charge in [0.15, 0.2) is 0 Å². The fraction of sp³-hybridized carbons (Fsp3) is 0. The summed E-state index contributed by atoms with van der Waals surface area (Å²) >= 11 is 0. The van der Waals surface area contributed by atoms with E-state index in [1.54, 1.807) is 36.4 Å². The van der Waals surface area contributed by atoms with Crippen molar-refractivity contribution in [3.8, 4) is 54.6 Å². The highest BCUT2D eigenvalue weighted by atomic mass is 19.1. The number of allylic oxidation sites excluding steroid dienone is 8. The highest BCUT2D eigenvalue weighted by molar-refractivity contribution is 6.31. The molecule has 0 aliphatic heterocycles. The van der Waals surface area contributed by atoms with Crippen LogP contribution in [-0.2, 0) is 0 Å². The van der Waals surface area contributed by atoms with Crippen LogP contribution in [0.25, 0.3) is 33.4 Å². The van der Waals surface area contributed by atoms with Gasteiger partial charge in [-0.15, -0.1) is 0 Å². The molecule has 0 bridgehead atoms. The normalized spacial score (nSPS) is 12.1. The minimum Gasteiger partial charge on any atom is -0.208 e. The Morgan fingerprint density at radius 2 is 1.15 bits per heavy atom. The first kappa shape index (κ1) is 30.2. The highest BCUT2D eigenvalue weighted by Gasteiger charge is 2.41. The monoisotopic (exact) mass is 610 g/mol. The third-order valence-electron chi connectivity index (χ3n) is 7.33. The summed E-state index contributed by atoms with van der Waals surface area (Å²) in [7, 11) is 0. The van der Waals surface area contributed by atoms with Gasteiger partial charge < -0.3 is 0 Å². The Morgan fingerprint density at radius 3 is 1.68 bits per heavy atom. The van der Waals surface area contributed by atoms with Gasteiger partial charge in [-0.2, -0.15) is 51.7 Å². The van der Waals surface area contributed by atoms with Crippen LogP contribution in [0.2, 0.25) is 0 Å². The molecule has 0 amide bonds. The van der Waals surface area contributed by atoms with Crippen LogP contribution in [-0.4, -0.2) is 4.98 Å². The van der Waals surface area contributed by atoms with Gasteiger partial charge in [-0.3, -0.25) is 0 Å². The third-order valence-corrected chi connectivity index (χ3v) is 7.33. The molecule has 47 heavy (non-hydrogen) atoms. The Bertz CT molecular complexity index is 2560. The lowest BCUT2D eigenvalue weighted by Crippen LogP contribution is -2.01. The van der Waals surface area contributed by atoms with Crippen LogP contribution in [0.3, 0.4) is 0 Å². The van der Waals surface area contributed by atoms with Crippen molar-refractivity contribution < 1.29 is 13.2 Å². The van der Waals surface area contributed by atoms with Crippen LogP contribution in [0.15, 0.2) is 41.5 Å². The standard InChI is InChI=1S/C34H5F3N10/c35-26-5-21(27(36)3-15(26)6-38)33-25(14-46)30-22(28(33)16(7-39)8-40)4-20-23(12-44)31(19-2-1-18(11-43)47-34(19)37)29(17(9-41)10-42)32(20)24(30)13-45/h1-5H. The van der Waals surface area contributed by atoms with Gasteiger partial charge in [0.2, 0.25) is 5.95 Å². The van der Waals surface area contributed by atoms with Crippen molar-refractivity contribution >= 4 is 33.4 Å². The average Bonchev–Trinajstić information content (AvgIpc) is 3.58. The van der Waals surface area contributed by atoms with E-state index < -0.39 is 67.7 Å². The Morgan fingerprint density at radius 1 is 0.532 bits per heavy atom. The number of hydrogen-bond acceptors (Lipinski definition) is 10. The van der Waals surface area contributed by atoms with Gasteiger partial charge in [0.05, 0.1) is 22.3 Å². The van der Waals surface area contributed by atoms with Crippen molar-refractivity contribution in [1.29, 1.82) is 47.4 Å². The van der Waals surface area contributed by atoms with Crippen LogP contribution in [0, 0.1) is 120 Å². The third kappa shape index (κ3) is 4.23. The summed E-state index contributed by atoms with van der Waals surface area (Å²) in [6.45, 7) is 0. The molecule has 0 fully saturated rings. The smallest absolute Gasteiger partial charge is 0.208 e. The summed E-state index contributed by atoms with van der Waals surface area (Å²) in [4.78, 5) is 3.53. The Hall–Kier alpha value is -8.25. The van der Waals surface area contributed by atoms with Crippen molar-refractivity contribution in [3.63, 3.8) is 0 Å². The van der Waals surface area contributed by atoms with E-state index in [-0.39, 0.29) is 44.7 Å². The molecule has 0 spiro atoms. The average molecular weight is 610 g/mol. The van der Waals surface area contributed by atoms with E-state index >= 15 is 8.78 Å². The lowest BCUT2D eigenvalue weighted by atomic mass is 9.86. The molecule has 2 aromatic carbocycles. The first-order valence-corrected chi connectivity index (χ1v) is 12.7. The molecule has 3 aromatic rings. The van der Waals surface area contributed by atoms with Crippen LogP contribution in [0.5, 0.6) is 0 Å². The second-order valence-corrected chi connectivity index (χ2v) is 9.45. The van der Waals surface area contributed by atoms with Crippen LogP contribution >= 0.6 is 0 Å². The predicted molar refractivity (Wildman–Crippen MR) is 152 cm³/mol. The summed E-state index contributed by atoms with van der Waals surface area (Å²) in [6.07, 6.45) is 0. The van der Waals surface area contributed by atoms with Gasteiger partial charge >= 0.3 is 0 Å². The molecule has 212 valence electrons. The van der Waals surface area contributed by atoms with E-state index in [2.05, 4.69) is 4.98 Å². The number of benzene rings is 2. The van der Waals surface area contributed by atoms with Crippen LogP contribution < -0.4 is 0 Å². The zero-order valence-electron chi connectivity index (χ0n) is 23.0. The summed E-state index contributed by atoms with van der Waals surface area (Å²) in [5, 5.41) is 89.1. The lowest BCUT2D eigenvalue weighted by molar-refractivity contribution is 0.579. The number of halogens is 3. The number of nitriles is 9. The molecule has 10 nitrogen and oxygen atoms in total. The molecule has 0 saturated heterocycles. The Labute approximate surface area is 262 Å². The van der Waals surface area contributed by atoms with Crippen molar-refractivity contribution in [3.05, 3.63) is 109 Å². The number of nitrogens with zero attached hydrogens (tertiary/aromatic N) is 10. The molecular weight excluding hydrogens is 605 g/mol. The number of fused-ring (bicyclic) bond motifs is 2. The largest absolute Gasteiger partial charge is 0.222 e. The summed E-state index contributed by atoms with van der Waals surface area (Å²) < 4.78 is 45.6. The number of aromatic nitrogens is 1. The van der Waals surface area contributed by atoms with Gasteiger partial charge in [-0.05, 0) is 35.9 Å². The summed E-state index contributed by atoms with van der Waals surface area (Å²) in [6, 6.07) is 19.7. The van der Waals surface area contributed by atoms with Gasteiger partial charge in [-0.25, -0.2) is 13.8 Å². The maximum Gasteiger partial charge on any atom is 0.222 e. The van der Waals surface area contributed by atoms with Gasteiger partial charge in [0.25, 0.3) is 0 Å². The van der Waals surface area contributed by atoms with Crippen molar-refractivity contribution in [2.24, 2.45) is 0 Å². The molecule has 0 saturated carbocycles. The second kappa shape index (κ2) is 11.4. The first-order valence-electron chi connectivity index (χ1n) is 12.7. The Kier molecular flexibility index (Phi) is 7.36. The number of pyridine rings is 1. The molecular formula is C34H5F3N10. The van der Waals surface area contributed by atoms with E-state index in [1.807, 2.05) is 12.1 Å². The van der Waals surface area contributed by atoms with E-state index in [9.17, 15) is 41.2 Å². The summed E-state index contributed by atoms with van der Waals surface area (Å²) in [5.74, 6) is -3.66. The summed E-state index contributed by atoms with van der Waals surface area (Å²) in [5.41, 5.74) is -7.43. The SMILES string of the molecule is N#CC(C#N)=C1C(c2cc(F)c(C#N)cc2F)=C(C#N)c2c1cc1c(c2C#N)C(=C(C#N)C#N)C(c2ccc(C#N)nc2F)=C1C#N. The van der Waals surface area contributed by atoms with Crippen LogP contribution in [0.1, 0.15) is 50.2 Å². The molecule has 2 aliphatic carbocycles.